The lowest BCUT2D eigenvalue weighted by Crippen LogP contribution is -2.16. The van der Waals surface area contributed by atoms with Crippen molar-refractivity contribution >= 4 is 66.1 Å². The second kappa shape index (κ2) is 13.6. The van der Waals surface area contributed by atoms with Gasteiger partial charge in [0.1, 0.15) is 16.9 Å². The first kappa shape index (κ1) is 32.3. The molecule has 8 aromatic carbocycles. The van der Waals surface area contributed by atoms with Crippen LogP contribution in [0.25, 0.3) is 76.8 Å². The Balaban J connectivity index is 1.01. The largest absolute Gasteiger partial charge is 0.454 e. The molecule has 5 heteroatoms. The number of nitrogens with two attached hydrogens (primary N) is 1. The molecule has 10 aromatic rings. The molecule has 0 amide bonds. The maximum absolute atomic E-state index is 6.59. The van der Waals surface area contributed by atoms with E-state index in [1.165, 1.54) is 27.1 Å². The number of amidine groups is 2. The van der Waals surface area contributed by atoms with Gasteiger partial charge in [0.05, 0.1) is 12.2 Å². The number of nitrogens with zero attached hydrogens (tertiary/aromatic N) is 3. The summed E-state index contributed by atoms with van der Waals surface area (Å²) in [5, 5.41) is 8.04. The topological polar surface area (TPSA) is 76.8 Å². The Morgan fingerprint density at radius 2 is 1.15 bits per heavy atom. The van der Waals surface area contributed by atoms with E-state index in [1.807, 2.05) is 60.7 Å². The number of fused-ring (bicyclic) bond motifs is 8. The Bertz CT molecular complexity index is 3110. The number of pyridine rings is 1. The minimum absolute atomic E-state index is 0.416. The van der Waals surface area contributed by atoms with E-state index < -0.39 is 0 Å². The number of aliphatic imine (C=N–C) groups is 2. The van der Waals surface area contributed by atoms with Crippen LogP contribution in [-0.4, -0.2) is 16.7 Å². The smallest absolute Gasteiger partial charge is 0.161 e. The van der Waals surface area contributed by atoms with Gasteiger partial charge in [0.25, 0.3) is 0 Å². The van der Waals surface area contributed by atoms with Crippen molar-refractivity contribution < 1.29 is 4.42 Å². The molecular formula is C50H34N4O. The fourth-order valence-electron chi connectivity index (χ4n) is 7.61. The van der Waals surface area contributed by atoms with Gasteiger partial charge in [-0.15, -0.1) is 0 Å². The number of aromatic nitrogens is 1. The summed E-state index contributed by atoms with van der Waals surface area (Å²) in [6.07, 6.45) is 0. The Kier molecular flexibility index (Phi) is 7.96. The van der Waals surface area contributed by atoms with Crippen LogP contribution in [0.3, 0.4) is 0 Å². The number of benzene rings is 8. The van der Waals surface area contributed by atoms with E-state index >= 15 is 0 Å². The molecule has 0 unspecified atom stereocenters. The van der Waals surface area contributed by atoms with Crippen molar-refractivity contribution in [3.63, 3.8) is 0 Å². The summed E-state index contributed by atoms with van der Waals surface area (Å²) < 4.78 is 6.29. The second-order valence-corrected chi connectivity index (χ2v) is 13.7. The van der Waals surface area contributed by atoms with Crippen LogP contribution < -0.4 is 5.73 Å². The summed E-state index contributed by atoms with van der Waals surface area (Å²) in [6.45, 7) is 0.428. The molecule has 0 fully saturated rings. The van der Waals surface area contributed by atoms with E-state index in [9.17, 15) is 0 Å². The van der Waals surface area contributed by atoms with Crippen molar-refractivity contribution in [2.45, 2.75) is 6.54 Å². The van der Waals surface area contributed by atoms with Crippen LogP contribution in [0.15, 0.2) is 196 Å². The van der Waals surface area contributed by atoms with Gasteiger partial charge in [0, 0.05) is 32.8 Å². The van der Waals surface area contributed by atoms with Crippen LogP contribution in [0.4, 0.5) is 0 Å². The molecule has 0 spiro atoms. The average molecular weight is 707 g/mol. The molecular weight excluding hydrogens is 673 g/mol. The summed E-state index contributed by atoms with van der Waals surface area (Å²) in [5.41, 5.74) is 16.2. The fraction of sp³-hybridized carbons (Fsp3) is 0.0200. The highest BCUT2D eigenvalue weighted by molar-refractivity contribution is 6.17. The predicted octanol–water partition coefficient (Wildman–Crippen LogP) is 12.1. The number of rotatable bonds is 6. The molecule has 0 aliphatic carbocycles. The molecule has 10 rings (SSSR count). The minimum Gasteiger partial charge on any atom is -0.454 e. The minimum atomic E-state index is 0.416. The zero-order valence-electron chi connectivity index (χ0n) is 29.9. The molecule has 0 saturated heterocycles. The summed E-state index contributed by atoms with van der Waals surface area (Å²) >= 11 is 0. The van der Waals surface area contributed by atoms with Crippen molar-refractivity contribution in [3.05, 3.63) is 199 Å². The van der Waals surface area contributed by atoms with Gasteiger partial charge in [0.2, 0.25) is 0 Å². The Morgan fingerprint density at radius 3 is 1.93 bits per heavy atom. The maximum atomic E-state index is 6.59. The zero-order chi connectivity index (χ0) is 36.7. The van der Waals surface area contributed by atoms with Crippen molar-refractivity contribution in [3.8, 4) is 22.4 Å². The molecule has 55 heavy (non-hydrogen) atoms. The SMILES string of the molecule is NC(=NC(=NCc1ccc(-c2nc3c4ccccc4oc3c3ccccc23)cc1)c1ccc(-c2cc3ccccc3c3ccccc23)cc1)c1ccccc1. The third-order valence-electron chi connectivity index (χ3n) is 10.4. The van der Waals surface area contributed by atoms with Crippen molar-refractivity contribution in [2.24, 2.45) is 15.7 Å². The number of furan rings is 1. The molecule has 0 atom stereocenters. The van der Waals surface area contributed by atoms with E-state index in [0.717, 1.165) is 66.4 Å². The van der Waals surface area contributed by atoms with Gasteiger partial charge >= 0.3 is 0 Å². The summed E-state index contributed by atoms with van der Waals surface area (Å²) in [7, 11) is 0. The van der Waals surface area contributed by atoms with E-state index in [4.69, 9.17) is 25.1 Å². The van der Waals surface area contributed by atoms with Crippen molar-refractivity contribution in [2.75, 3.05) is 0 Å². The molecule has 2 heterocycles. The standard InChI is InChI=1S/C50H34N4O/c51-49(35-12-2-1-3-13-35)54-50(36-28-26-33(27-29-36)44-30-37-14-4-5-15-38(37)39-16-6-7-17-40(39)44)52-31-32-22-24-34(25-23-32)46-41-18-8-9-19-42(41)48-47(53-46)43-20-10-11-21-45(43)55-48/h1-30H,31H2,(H2,51,52,54). The van der Waals surface area contributed by atoms with Gasteiger partial charge in [-0.3, -0.25) is 4.99 Å². The first-order valence-electron chi connectivity index (χ1n) is 18.4. The molecule has 0 saturated carbocycles. The van der Waals surface area contributed by atoms with Gasteiger partial charge in [-0.1, -0.05) is 164 Å². The first-order valence-corrected chi connectivity index (χ1v) is 18.4. The van der Waals surface area contributed by atoms with Gasteiger partial charge in [-0.25, -0.2) is 9.98 Å². The van der Waals surface area contributed by atoms with E-state index in [1.54, 1.807) is 0 Å². The van der Waals surface area contributed by atoms with Crippen molar-refractivity contribution in [1.82, 2.24) is 4.98 Å². The molecule has 260 valence electrons. The molecule has 2 N–H and O–H groups in total. The van der Waals surface area contributed by atoms with Crippen LogP contribution in [0.2, 0.25) is 0 Å². The Hall–Kier alpha value is -7.37. The van der Waals surface area contributed by atoms with Crippen LogP contribution in [-0.2, 0) is 6.54 Å². The predicted molar refractivity (Wildman–Crippen MR) is 229 cm³/mol. The van der Waals surface area contributed by atoms with Gasteiger partial charge in [0.15, 0.2) is 11.4 Å². The quantitative estimate of drug-likeness (QED) is 0.106. The Labute approximate surface area is 317 Å². The van der Waals surface area contributed by atoms with Gasteiger partial charge in [-0.05, 0) is 56.4 Å². The molecule has 5 nitrogen and oxygen atoms in total. The monoisotopic (exact) mass is 706 g/mol. The molecule has 2 aromatic heterocycles. The molecule has 0 aliphatic rings. The Morgan fingerprint density at radius 1 is 0.527 bits per heavy atom. The van der Waals surface area contributed by atoms with Gasteiger partial charge in [-0.2, -0.15) is 0 Å². The number of hydrogen-bond donors (Lipinski definition) is 1. The first-order chi connectivity index (χ1) is 27.2. The second-order valence-electron chi connectivity index (χ2n) is 13.7. The van der Waals surface area contributed by atoms with E-state index in [-0.39, 0.29) is 0 Å². The van der Waals surface area contributed by atoms with Crippen LogP contribution in [0.1, 0.15) is 16.7 Å². The highest BCUT2D eigenvalue weighted by Crippen LogP contribution is 2.38. The normalized spacial score (nSPS) is 12.4. The van der Waals surface area contributed by atoms with Crippen LogP contribution in [0, 0.1) is 0 Å². The third kappa shape index (κ3) is 5.88. The van der Waals surface area contributed by atoms with Crippen molar-refractivity contribution in [1.29, 1.82) is 0 Å². The maximum Gasteiger partial charge on any atom is 0.161 e. The van der Waals surface area contributed by atoms with E-state index in [0.29, 0.717) is 18.2 Å². The summed E-state index contributed by atoms with van der Waals surface area (Å²) in [6, 6.07) is 62.6. The molecule has 0 radical (unpaired) electrons. The molecule has 0 bridgehead atoms. The number of hydrogen-bond acceptors (Lipinski definition) is 3. The number of para-hydroxylation sites is 1. The van der Waals surface area contributed by atoms with Crippen LogP contribution >= 0.6 is 0 Å². The summed E-state index contributed by atoms with van der Waals surface area (Å²) in [5.74, 6) is 0.990. The summed E-state index contributed by atoms with van der Waals surface area (Å²) in [4.78, 5) is 15.1. The van der Waals surface area contributed by atoms with Gasteiger partial charge < -0.3 is 10.2 Å². The lowest BCUT2D eigenvalue weighted by molar-refractivity contribution is 0.672. The lowest BCUT2D eigenvalue weighted by Gasteiger charge is -2.12. The van der Waals surface area contributed by atoms with Crippen LogP contribution in [0.5, 0.6) is 0 Å². The third-order valence-corrected chi connectivity index (χ3v) is 10.4. The highest BCUT2D eigenvalue weighted by Gasteiger charge is 2.16. The lowest BCUT2D eigenvalue weighted by atomic mass is 9.93. The molecule has 0 aliphatic heterocycles. The average Bonchev–Trinajstić information content (AvgIpc) is 3.64. The fourth-order valence-corrected chi connectivity index (χ4v) is 7.61. The zero-order valence-corrected chi connectivity index (χ0v) is 29.9. The highest BCUT2D eigenvalue weighted by atomic mass is 16.3. The van der Waals surface area contributed by atoms with E-state index in [2.05, 4.69) is 121 Å².